The van der Waals surface area contributed by atoms with Gasteiger partial charge < -0.3 is 24.7 Å². The van der Waals surface area contributed by atoms with Crippen LogP contribution in [0.3, 0.4) is 0 Å². The fourth-order valence-corrected chi connectivity index (χ4v) is 5.71. The highest BCUT2D eigenvalue weighted by Gasteiger charge is 2.29. The number of rotatable bonds is 7. The molecule has 0 radical (unpaired) electrons. The molecule has 1 fully saturated rings. The van der Waals surface area contributed by atoms with Gasteiger partial charge in [0.25, 0.3) is 0 Å². The minimum atomic E-state index is -0.637. The van der Waals surface area contributed by atoms with Gasteiger partial charge in [-0.2, -0.15) is 0 Å². The van der Waals surface area contributed by atoms with Crippen LogP contribution in [-0.2, 0) is 13.1 Å². The average Bonchev–Trinajstić information content (AvgIpc) is 2.97. The minimum absolute atomic E-state index is 0.0257. The number of anilines is 2. The van der Waals surface area contributed by atoms with Gasteiger partial charge >= 0.3 is 0 Å². The molecule has 0 aromatic carbocycles. The highest BCUT2D eigenvalue weighted by molar-refractivity contribution is 5.85. The second kappa shape index (κ2) is 10.7. The van der Waals surface area contributed by atoms with Gasteiger partial charge in [-0.25, -0.2) is 19.3 Å². The van der Waals surface area contributed by atoms with Crippen molar-refractivity contribution in [3.63, 3.8) is 0 Å². The Balaban J connectivity index is 1.39. The van der Waals surface area contributed by atoms with E-state index in [2.05, 4.69) is 24.8 Å². The second-order valence-electron chi connectivity index (χ2n) is 10.5. The van der Waals surface area contributed by atoms with Crippen molar-refractivity contribution >= 4 is 22.4 Å². The van der Waals surface area contributed by atoms with E-state index >= 15 is 4.39 Å². The number of pyridine rings is 4. The molecule has 2 N–H and O–H groups in total. The van der Waals surface area contributed by atoms with Gasteiger partial charge in [0.2, 0.25) is 11.8 Å². The lowest BCUT2D eigenvalue weighted by Gasteiger charge is -2.40. The number of hydrogen-bond acceptors (Lipinski definition) is 9. The highest BCUT2D eigenvalue weighted by Crippen LogP contribution is 2.32. The summed E-state index contributed by atoms with van der Waals surface area (Å²) in [5, 5.41) is 0.0257. The molecule has 2 aliphatic heterocycles. The van der Waals surface area contributed by atoms with Gasteiger partial charge in [-0.1, -0.05) is 0 Å². The summed E-state index contributed by atoms with van der Waals surface area (Å²) in [7, 11) is 1.59. The lowest BCUT2D eigenvalue weighted by Crippen LogP contribution is -2.48. The van der Waals surface area contributed by atoms with Gasteiger partial charge in [0.05, 0.1) is 36.6 Å². The van der Waals surface area contributed by atoms with Gasteiger partial charge in [-0.3, -0.25) is 9.69 Å². The van der Waals surface area contributed by atoms with Crippen LogP contribution in [-0.4, -0.2) is 57.3 Å². The third-order valence-corrected chi connectivity index (χ3v) is 7.80. The van der Waals surface area contributed by atoms with E-state index in [1.165, 1.54) is 0 Å². The molecule has 0 aliphatic carbocycles. The van der Waals surface area contributed by atoms with Crippen LogP contribution in [0, 0.1) is 5.82 Å². The van der Waals surface area contributed by atoms with Crippen molar-refractivity contribution in [2.24, 2.45) is 0 Å². The van der Waals surface area contributed by atoms with Crippen molar-refractivity contribution in [1.82, 2.24) is 24.4 Å². The Labute approximate surface area is 231 Å². The molecule has 6 rings (SSSR count). The number of piperidine rings is 1. The maximum atomic E-state index is 15.1. The number of hydrogen-bond donors (Lipinski definition) is 1. The van der Waals surface area contributed by atoms with E-state index in [1.54, 1.807) is 19.5 Å². The third-order valence-electron chi connectivity index (χ3n) is 7.80. The Bertz CT molecular complexity index is 1590. The van der Waals surface area contributed by atoms with Crippen molar-refractivity contribution in [1.29, 1.82) is 0 Å². The molecule has 0 bridgehead atoms. The smallest absolute Gasteiger partial charge is 0.238 e. The molecule has 6 heterocycles. The summed E-state index contributed by atoms with van der Waals surface area (Å²) in [6.07, 6.45) is 8.38. The summed E-state index contributed by atoms with van der Waals surface area (Å²) in [6.45, 7) is 4.96. The Kier molecular flexibility index (Phi) is 6.97. The number of methoxy groups -OCH3 is 1. The molecule has 0 spiro atoms. The summed E-state index contributed by atoms with van der Waals surface area (Å²) in [5.74, 6) is 0.666. The normalized spacial score (nSPS) is 18.6. The summed E-state index contributed by atoms with van der Waals surface area (Å²) in [6, 6.07) is 7.71. The first-order valence-corrected chi connectivity index (χ1v) is 13.5. The third kappa shape index (κ3) is 4.92. The summed E-state index contributed by atoms with van der Waals surface area (Å²) < 4.78 is 28.1. The quantitative estimate of drug-likeness (QED) is 0.373. The van der Waals surface area contributed by atoms with Crippen LogP contribution < -0.4 is 25.5 Å². The average molecular weight is 546 g/mol. The van der Waals surface area contributed by atoms with Gasteiger partial charge in [-0.15, -0.1) is 0 Å². The number of aromatic nitrogens is 4. The number of nitrogen functional groups attached to an aromatic ring is 1. The fourth-order valence-electron chi connectivity index (χ4n) is 5.71. The molecule has 4 aromatic heterocycles. The molecule has 10 nitrogen and oxygen atoms in total. The van der Waals surface area contributed by atoms with E-state index in [0.29, 0.717) is 48.4 Å². The number of nitrogens with two attached hydrogens (primary N) is 1. The highest BCUT2D eigenvalue weighted by atomic mass is 19.1. The Morgan fingerprint density at radius 3 is 2.88 bits per heavy atom. The summed E-state index contributed by atoms with van der Waals surface area (Å²) in [4.78, 5) is 31.0. The van der Waals surface area contributed by atoms with Crippen molar-refractivity contribution in [2.75, 3.05) is 37.4 Å². The SMILES string of the molecule is COc1cc(CN(Cc2cn3c4c(ncc(F)c4c2=O)OCC3C)[C@H]2CCCN(c3ccc(N)nc3)C2)ccn1. The Morgan fingerprint density at radius 1 is 1.20 bits per heavy atom. The zero-order valence-electron chi connectivity index (χ0n) is 22.6. The van der Waals surface area contributed by atoms with E-state index in [4.69, 9.17) is 15.2 Å². The van der Waals surface area contributed by atoms with Gasteiger partial charge in [0, 0.05) is 56.2 Å². The van der Waals surface area contributed by atoms with E-state index < -0.39 is 5.82 Å². The van der Waals surface area contributed by atoms with Gasteiger partial charge in [0.15, 0.2) is 11.2 Å². The monoisotopic (exact) mass is 545 g/mol. The lowest BCUT2D eigenvalue weighted by molar-refractivity contribution is 0.157. The molecular formula is C29H32FN7O3. The van der Waals surface area contributed by atoms with Crippen LogP contribution in [0.15, 0.2) is 53.8 Å². The molecule has 1 saturated heterocycles. The predicted molar refractivity (Wildman–Crippen MR) is 150 cm³/mol. The number of nitrogens with zero attached hydrogens (tertiary/aromatic N) is 6. The fraction of sp³-hybridized carbons (Fsp3) is 0.379. The molecule has 4 aromatic rings. The molecule has 0 saturated carbocycles. The van der Waals surface area contributed by atoms with Crippen LogP contribution in [0.5, 0.6) is 11.8 Å². The van der Waals surface area contributed by atoms with Crippen molar-refractivity contribution in [3.8, 4) is 11.8 Å². The van der Waals surface area contributed by atoms with Crippen LogP contribution in [0.2, 0.25) is 0 Å². The van der Waals surface area contributed by atoms with Crippen LogP contribution in [0.4, 0.5) is 15.9 Å². The minimum Gasteiger partial charge on any atom is -0.481 e. The zero-order valence-corrected chi connectivity index (χ0v) is 22.6. The molecular weight excluding hydrogens is 513 g/mol. The Morgan fingerprint density at radius 2 is 2.08 bits per heavy atom. The van der Waals surface area contributed by atoms with Gasteiger partial charge in [-0.05, 0) is 43.5 Å². The maximum absolute atomic E-state index is 15.1. The van der Waals surface area contributed by atoms with Crippen molar-refractivity contribution in [2.45, 2.75) is 44.9 Å². The van der Waals surface area contributed by atoms with E-state index in [-0.39, 0.29) is 22.9 Å². The molecule has 11 heteroatoms. The van der Waals surface area contributed by atoms with Crippen molar-refractivity contribution in [3.05, 3.63) is 76.2 Å². The van der Waals surface area contributed by atoms with E-state index in [9.17, 15) is 4.79 Å². The second-order valence-corrected chi connectivity index (χ2v) is 10.5. The number of halogens is 1. The standard InChI is InChI=1S/C29H32FN7O3/c1-18-17-40-29-27-26(23(30)12-34-29)28(38)20(15-37(18)27)14-36(13-19-7-8-32-25(10-19)39-2)22-4-3-9-35(16-22)21-5-6-24(31)33-11-21/h5-8,10-12,15,18,22H,3-4,9,13-14,16-17H2,1-2H3,(H2,31,33)/t18?,22-/m0/s1. The van der Waals surface area contributed by atoms with E-state index in [0.717, 1.165) is 43.4 Å². The first kappa shape index (κ1) is 26.0. The van der Waals surface area contributed by atoms with Crippen molar-refractivity contribution < 1.29 is 13.9 Å². The van der Waals surface area contributed by atoms with Crippen LogP contribution in [0.1, 0.15) is 36.9 Å². The molecule has 0 amide bonds. The Hall–Kier alpha value is -4.25. The van der Waals surface area contributed by atoms with Crippen LogP contribution in [0.25, 0.3) is 10.9 Å². The lowest BCUT2D eigenvalue weighted by atomic mass is 10.0. The summed E-state index contributed by atoms with van der Waals surface area (Å²) >= 11 is 0. The first-order chi connectivity index (χ1) is 19.4. The zero-order chi connectivity index (χ0) is 27.8. The number of ether oxygens (including phenoxy) is 2. The molecule has 2 atom stereocenters. The molecule has 208 valence electrons. The van der Waals surface area contributed by atoms with Gasteiger partial charge in [0.1, 0.15) is 17.9 Å². The summed E-state index contributed by atoms with van der Waals surface area (Å²) in [5.41, 5.74) is 8.45. The molecule has 1 unspecified atom stereocenters. The predicted octanol–water partition coefficient (Wildman–Crippen LogP) is 3.54. The topological polar surface area (TPSA) is 112 Å². The molecule has 2 aliphatic rings. The maximum Gasteiger partial charge on any atom is 0.238 e. The van der Waals surface area contributed by atoms with Crippen LogP contribution >= 0.6 is 0 Å². The first-order valence-electron chi connectivity index (χ1n) is 13.5. The largest absolute Gasteiger partial charge is 0.481 e. The van der Waals surface area contributed by atoms with E-state index in [1.807, 2.05) is 42.0 Å². The molecule has 40 heavy (non-hydrogen) atoms.